The number of aryl methyl sites for hydroxylation is 2. The molecule has 4 rings (SSSR count). The zero-order chi connectivity index (χ0) is 27.1. The number of hydrogen-bond acceptors (Lipinski definition) is 5. The number of ether oxygens (including phenoxy) is 1. The van der Waals surface area contributed by atoms with E-state index in [0.29, 0.717) is 12.5 Å². The Morgan fingerprint density at radius 1 is 1.16 bits per heavy atom. The van der Waals surface area contributed by atoms with Crippen LogP contribution in [0.1, 0.15) is 48.1 Å². The van der Waals surface area contributed by atoms with Crippen LogP contribution in [0.15, 0.2) is 67.4 Å². The molecule has 1 unspecified atom stereocenters. The third-order valence-electron chi connectivity index (χ3n) is 7.72. The number of carbonyl (C=O) groups is 1. The second-order valence-corrected chi connectivity index (χ2v) is 10.5. The molecule has 5 heteroatoms. The van der Waals surface area contributed by atoms with E-state index in [2.05, 4.69) is 67.8 Å². The van der Waals surface area contributed by atoms with E-state index < -0.39 is 0 Å². The molecule has 1 atom stereocenters. The van der Waals surface area contributed by atoms with Crippen LogP contribution in [0.3, 0.4) is 0 Å². The minimum atomic E-state index is -0.108. The summed E-state index contributed by atoms with van der Waals surface area (Å²) < 4.78 is 6.31. The van der Waals surface area contributed by atoms with Crippen LogP contribution in [0.5, 0.6) is 5.75 Å². The van der Waals surface area contributed by atoms with Gasteiger partial charge in [-0.05, 0) is 87.6 Å². The highest BCUT2D eigenvalue weighted by Crippen LogP contribution is 2.36. The summed E-state index contributed by atoms with van der Waals surface area (Å²) in [4.78, 5) is 20.3. The Kier molecular flexibility index (Phi) is 9.35. The molecule has 0 aliphatic carbocycles. The molecule has 0 spiro atoms. The molecule has 0 N–H and O–H groups in total. The first kappa shape index (κ1) is 27.6. The van der Waals surface area contributed by atoms with E-state index in [1.54, 1.807) is 6.20 Å². The SMILES string of the molecule is C=CN(C)c1ccc(C)c(CCN2CCC(c3cccc4nc(C)ccc34)CC2)c1OCC=CC(C)C=O. The Balaban J connectivity index is 1.44. The van der Waals surface area contributed by atoms with Gasteiger partial charge in [0.25, 0.3) is 0 Å². The van der Waals surface area contributed by atoms with Crippen molar-refractivity contribution in [3.8, 4) is 5.75 Å². The fraction of sp³-hybridized carbons (Fsp3) is 0.394. The van der Waals surface area contributed by atoms with Gasteiger partial charge in [0, 0.05) is 36.2 Å². The summed E-state index contributed by atoms with van der Waals surface area (Å²) in [5.74, 6) is 1.37. The van der Waals surface area contributed by atoms with Crippen LogP contribution in [-0.2, 0) is 11.2 Å². The number of aromatic nitrogens is 1. The van der Waals surface area contributed by atoms with Crippen LogP contribution < -0.4 is 9.64 Å². The van der Waals surface area contributed by atoms with Crippen LogP contribution in [0.25, 0.3) is 10.9 Å². The number of nitrogens with zero attached hydrogens (tertiary/aromatic N) is 3. The highest BCUT2D eigenvalue weighted by molar-refractivity contribution is 5.83. The molecule has 1 aliphatic rings. The normalized spacial score (nSPS) is 15.6. The van der Waals surface area contributed by atoms with E-state index >= 15 is 0 Å². The molecule has 5 nitrogen and oxygen atoms in total. The largest absolute Gasteiger partial charge is 0.487 e. The molecule has 38 heavy (non-hydrogen) atoms. The number of piperidine rings is 1. The van der Waals surface area contributed by atoms with E-state index in [9.17, 15) is 4.79 Å². The van der Waals surface area contributed by atoms with Crippen molar-refractivity contribution in [2.24, 2.45) is 5.92 Å². The van der Waals surface area contributed by atoms with Gasteiger partial charge in [-0.15, -0.1) is 0 Å². The minimum absolute atomic E-state index is 0.108. The number of benzene rings is 2. The fourth-order valence-electron chi connectivity index (χ4n) is 5.38. The number of rotatable bonds is 11. The summed E-state index contributed by atoms with van der Waals surface area (Å²) >= 11 is 0. The van der Waals surface area contributed by atoms with Crippen molar-refractivity contribution in [3.05, 3.63) is 89.8 Å². The highest BCUT2D eigenvalue weighted by Gasteiger charge is 2.23. The van der Waals surface area contributed by atoms with Gasteiger partial charge in [-0.1, -0.05) is 49.9 Å². The summed E-state index contributed by atoms with van der Waals surface area (Å²) in [7, 11) is 1.99. The van der Waals surface area contributed by atoms with Gasteiger partial charge in [-0.3, -0.25) is 4.98 Å². The number of hydrogen-bond donors (Lipinski definition) is 0. The first-order valence-electron chi connectivity index (χ1n) is 13.7. The zero-order valence-corrected chi connectivity index (χ0v) is 23.3. The highest BCUT2D eigenvalue weighted by atomic mass is 16.5. The number of carbonyl (C=O) groups excluding carboxylic acids is 1. The van der Waals surface area contributed by atoms with Crippen molar-refractivity contribution in [2.45, 2.75) is 46.0 Å². The first-order valence-corrected chi connectivity index (χ1v) is 13.7. The number of aldehydes is 1. The number of allylic oxidation sites excluding steroid dienone is 1. The third kappa shape index (κ3) is 6.51. The molecule has 2 aromatic carbocycles. The predicted molar refractivity (Wildman–Crippen MR) is 158 cm³/mol. The van der Waals surface area contributed by atoms with Crippen LogP contribution in [0.2, 0.25) is 0 Å². The smallest absolute Gasteiger partial charge is 0.146 e. The van der Waals surface area contributed by atoms with E-state index in [-0.39, 0.29) is 5.92 Å². The number of likely N-dealkylation sites (tertiary alicyclic amines) is 1. The van der Waals surface area contributed by atoms with Gasteiger partial charge in [-0.25, -0.2) is 0 Å². The molecule has 0 bridgehead atoms. The Morgan fingerprint density at radius 2 is 1.95 bits per heavy atom. The molecule has 0 amide bonds. The summed E-state index contributed by atoms with van der Waals surface area (Å²) in [6.45, 7) is 13.6. The molecule has 200 valence electrons. The second-order valence-electron chi connectivity index (χ2n) is 10.5. The molecular weight excluding hydrogens is 470 g/mol. The minimum Gasteiger partial charge on any atom is -0.487 e. The monoisotopic (exact) mass is 511 g/mol. The quantitative estimate of drug-likeness (QED) is 0.214. The lowest BCUT2D eigenvalue weighted by molar-refractivity contribution is -0.109. The molecule has 3 aromatic rings. The van der Waals surface area contributed by atoms with Gasteiger partial charge < -0.3 is 19.3 Å². The summed E-state index contributed by atoms with van der Waals surface area (Å²) in [6, 6.07) is 15.2. The van der Waals surface area contributed by atoms with Gasteiger partial charge >= 0.3 is 0 Å². The Hall–Kier alpha value is -3.44. The van der Waals surface area contributed by atoms with Crippen LogP contribution in [0.4, 0.5) is 5.69 Å². The van der Waals surface area contributed by atoms with Crippen LogP contribution in [0, 0.1) is 19.8 Å². The van der Waals surface area contributed by atoms with Crippen molar-refractivity contribution in [1.29, 1.82) is 0 Å². The number of pyridine rings is 1. The molecule has 1 fully saturated rings. The van der Waals surface area contributed by atoms with Gasteiger partial charge in [0.15, 0.2) is 0 Å². The summed E-state index contributed by atoms with van der Waals surface area (Å²) in [5, 5.41) is 1.30. The fourth-order valence-corrected chi connectivity index (χ4v) is 5.38. The van der Waals surface area contributed by atoms with Crippen molar-refractivity contribution in [3.63, 3.8) is 0 Å². The maximum atomic E-state index is 10.9. The van der Waals surface area contributed by atoms with E-state index in [4.69, 9.17) is 9.72 Å². The maximum Gasteiger partial charge on any atom is 0.146 e. The Labute approximate surface area is 227 Å². The molecule has 1 aromatic heterocycles. The lowest BCUT2D eigenvalue weighted by Gasteiger charge is -2.33. The van der Waals surface area contributed by atoms with Crippen molar-refractivity contribution in [2.75, 3.05) is 38.2 Å². The van der Waals surface area contributed by atoms with E-state index in [1.807, 2.05) is 31.0 Å². The molecule has 1 aliphatic heterocycles. The van der Waals surface area contributed by atoms with Crippen LogP contribution >= 0.6 is 0 Å². The van der Waals surface area contributed by atoms with Crippen molar-refractivity contribution < 1.29 is 9.53 Å². The Bertz CT molecular complexity index is 1290. The molecule has 1 saturated heterocycles. The molecule has 0 radical (unpaired) electrons. The number of anilines is 1. The standard InChI is InChI=1S/C33H41N3O2/c1-6-35(5)32-15-12-25(3)28(33(32)38-22-8-9-24(2)23-37)18-21-36-19-16-27(17-20-36)29-10-7-11-31-30(29)14-13-26(4)34-31/h6-15,23-24,27H,1,16-22H2,2-5H3. The summed E-state index contributed by atoms with van der Waals surface area (Å²) in [6.07, 6.45) is 9.81. The van der Waals surface area contributed by atoms with Gasteiger partial charge in [0.05, 0.1) is 11.2 Å². The summed E-state index contributed by atoms with van der Waals surface area (Å²) in [5.41, 5.74) is 7.10. The maximum absolute atomic E-state index is 10.9. The first-order chi connectivity index (χ1) is 18.4. The van der Waals surface area contributed by atoms with E-state index in [1.165, 1.54) is 22.1 Å². The predicted octanol–water partition coefficient (Wildman–Crippen LogP) is 6.62. The van der Waals surface area contributed by atoms with Crippen LogP contribution in [-0.4, -0.2) is 49.5 Å². The molecular formula is C33H41N3O2. The lowest BCUT2D eigenvalue weighted by Crippen LogP contribution is -2.34. The van der Waals surface area contributed by atoms with Gasteiger partial charge in [-0.2, -0.15) is 0 Å². The third-order valence-corrected chi connectivity index (χ3v) is 7.72. The van der Waals surface area contributed by atoms with Gasteiger partial charge in [0.1, 0.15) is 18.6 Å². The average Bonchev–Trinajstić information content (AvgIpc) is 2.94. The topological polar surface area (TPSA) is 45.7 Å². The average molecular weight is 512 g/mol. The van der Waals surface area contributed by atoms with E-state index in [0.717, 1.165) is 67.8 Å². The van der Waals surface area contributed by atoms with Gasteiger partial charge in [0.2, 0.25) is 0 Å². The van der Waals surface area contributed by atoms with Crippen molar-refractivity contribution in [1.82, 2.24) is 9.88 Å². The zero-order valence-electron chi connectivity index (χ0n) is 23.3. The second kappa shape index (κ2) is 12.9. The van der Waals surface area contributed by atoms with Crippen molar-refractivity contribution >= 4 is 22.9 Å². The molecule has 0 saturated carbocycles. The number of fused-ring (bicyclic) bond motifs is 1. The lowest BCUT2D eigenvalue weighted by atomic mass is 9.87. The molecule has 2 heterocycles. The Morgan fingerprint density at radius 3 is 2.68 bits per heavy atom.